The van der Waals surface area contributed by atoms with Gasteiger partial charge < -0.3 is 0 Å². The predicted molar refractivity (Wildman–Crippen MR) is 83.2 cm³/mol. The molecule has 1 aliphatic carbocycles. The quantitative estimate of drug-likeness (QED) is 0.833. The van der Waals surface area contributed by atoms with Crippen LogP contribution in [-0.2, 0) is 10.0 Å². The molecule has 6 heteroatoms. The Morgan fingerprint density at radius 3 is 2.85 bits per heavy atom. The lowest BCUT2D eigenvalue weighted by molar-refractivity contribution is 0.546. The first-order valence-electron chi connectivity index (χ1n) is 6.17. The largest absolute Gasteiger partial charge is 0.264 e. The van der Waals surface area contributed by atoms with E-state index >= 15 is 0 Å². The highest BCUT2D eigenvalue weighted by Gasteiger charge is 2.44. The molecule has 0 saturated carbocycles. The number of benzene rings is 1. The highest BCUT2D eigenvalue weighted by atomic mass is 79.9. The van der Waals surface area contributed by atoms with Crippen molar-refractivity contribution in [1.82, 2.24) is 9.19 Å². The number of hydrogen-bond acceptors (Lipinski definition) is 3. The van der Waals surface area contributed by atoms with E-state index in [1.807, 2.05) is 30.4 Å². The van der Waals surface area contributed by atoms with Crippen molar-refractivity contribution >= 4 is 36.9 Å². The zero-order valence-electron chi connectivity index (χ0n) is 10.8. The molecule has 1 aliphatic rings. The van der Waals surface area contributed by atoms with Crippen LogP contribution in [0.15, 0.2) is 53.2 Å². The average molecular weight is 353 g/mol. The van der Waals surface area contributed by atoms with Crippen molar-refractivity contribution in [2.75, 3.05) is 0 Å². The summed E-state index contributed by atoms with van der Waals surface area (Å²) in [5.74, 6) is 0. The Morgan fingerprint density at radius 1 is 1.35 bits per heavy atom. The topological polar surface area (TPSA) is 52.0 Å². The molecule has 2 aromatic rings. The van der Waals surface area contributed by atoms with Crippen molar-refractivity contribution in [1.29, 1.82) is 0 Å². The summed E-state index contributed by atoms with van der Waals surface area (Å²) < 4.78 is 26.7. The summed E-state index contributed by atoms with van der Waals surface area (Å²) in [4.78, 5) is 0. The lowest BCUT2D eigenvalue weighted by Gasteiger charge is -2.29. The summed E-state index contributed by atoms with van der Waals surface area (Å²) in [5, 5.41) is 4.89. The molecule has 1 heterocycles. The van der Waals surface area contributed by atoms with Crippen molar-refractivity contribution in [3.05, 3.63) is 53.2 Å². The summed E-state index contributed by atoms with van der Waals surface area (Å²) in [5.41, 5.74) is 0.601. The Bertz CT molecular complexity index is 836. The Labute approximate surface area is 126 Å². The Balaban J connectivity index is 2.23. The molecule has 3 rings (SSSR count). The molecule has 0 N–H and O–H groups in total. The maximum atomic E-state index is 13.0. The summed E-state index contributed by atoms with van der Waals surface area (Å²) in [6.45, 7) is 1.71. The normalized spacial score (nSPS) is 23.0. The first-order valence-corrected chi connectivity index (χ1v) is 8.41. The Kier molecular flexibility index (Phi) is 3.10. The van der Waals surface area contributed by atoms with Gasteiger partial charge in [-0.25, -0.2) is 8.42 Å². The van der Waals surface area contributed by atoms with Crippen molar-refractivity contribution in [2.24, 2.45) is 0 Å². The molecule has 1 aromatic carbocycles. The van der Waals surface area contributed by atoms with Crippen LogP contribution in [0.3, 0.4) is 0 Å². The zero-order chi connectivity index (χ0) is 14.4. The minimum atomic E-state index is -3.65. The third kappa shape index (κ3) is 1.78. The summed E-state index contributed by atoms with van der Waals surface area (Å²) in [6.07, 6.45) is 7.47. The van der Waals surface area contributed by atoms with Gasteiger partial charge in [0.2, 0.25) is 0 Å². The summed E-state index contributed by atoms with van der Waals surface area (Å²) >= 11 is 3.39. The van der Waals surface area contributed by atoms with E-state index in [2.05, 4.69) is 21.0 Å². The molecule has 1 atom stereocenters. The minimum absolute atomic E-state index is 0.417. The van der Waals surface area contributed by atoms with E-state index in [9.17, 15) is 8.42 Å². The molecule has 0 spiro atoms. The zero-order valence-corrected chi connectivity index (χ0v) is 13.2. The molecule has 1 aromatic heterocycles. The van der Waals surface area contributed by atoms with Crippen LogP contribution in [0, 0.1) is 0 Å². The minimum Gasteiger partial charge on any atom is -0.204 e. The van der Waals surface area contributed by atoms with Gasteiger partial charge in [0.15, 0.2) is 0 Å². The van der Waals surface area contributed by atoms with Crippen molar-refractivity contribution in [2.45, 2.75) is 18.1 Å². The fourth-order valence-corrected chi connectivity index (χ4v) is 4.81. The molecule has 0 fully saturated rings. The number of para-hydroxylation sites is 1. The molecule has 104 valence electrons. The van der Waals surface area contributed by atoms with Crippen LogP contribution in [0.5, 0.6) is 0 Å². The van der Waals surface area contributed by atoms with Gasteiger partial charge in [-0.3, -0.25) is 0 Å². The van der Waals surface area contributed by atoms with Crippen LogP contribution in [-0.4, -0.2) is 22.4 Å². The second-order valence-electron chi connectivity index (χ2n) is 4.93. The van der Waals surface area contributed by atoms with Crippen molar-refractivity contribution in [3.63, 3.8) is 0 Å². The number of aromatic nitrogens is 2. The molecule has 0 saturated heterocycles. The third-order valence-corrected chi connectivity index (χ3v) is 7.31. The van der Waals surface area contributed by atoms with Gasteiger partial charge in [0.1, 0.15) is 4.75 Å². The average Bonchev–Trinajstić information content (AvgIpc) is 2.86. The fraction of sp³-hybridized carbons (Fsp3) is 0.214. The van der Waals surface area contributed by atoms with Crippen molar-refractivity contribution < 1.29 is 8.42 Å². The van der Waals surface area contributed by atoms with Gasteiger partial charge in [-0.15, -0.1) is 0 Å². The molecule has 1 unspecified atom stereocenters. The van der Waals surface area contributed by atoms with E-state index in [-0.39, 0.29) is 0 Å². The van der Waals surface area contributed by atoms with E-state index < -0.39 is 14.8 Å². The van der Waals surface area contributed by atoms with Crippen LogP contribution in [0.4, 0.5) is 0 Å². The van der Waals surface area contributed by atoms with E-state index in [0.29, 0.717) is 16.4 Å². The van der Waals surface area contributed by atoms with E-state index in [1.54, 1.807) is 25.3 Å². The first-order chi connectivity index (χ1) is 9.47. The lowest BCUT2D eigenvalue weighted by atomic mass is 10.0. The Hall–Kier alpha value is -1.40. The van der Waals surface area contributed by atoms with Crippen molar-refractivity contribution in [3.8, 4) is 0 Å². The Morgan fingerprint density at radius 2 is 2.10 bits per heavy atom. The standard InChI is InChI=1S/C14H13BrN2O2S/c1-14(9-5-4-8-13(14)15)20(18,19)17-12-7-3-2-6-11(12)10-16-17/h2-8,10H,9H2,1H3. The molecule has 0 amide bonds. The van der Waals surface area contributed by atoms with E-state index in [0.717, 1.165) is 9.47 Å². The summed E-state index contributed by atoms with van der Waals surface area (Å²) in [6, 6.07) is 7.29. The fourth-order valence-electron chi connectivity index (χ4n) is 2.28. The molecular weight excluding hydrogens is 340 g/mol. The highest BCUT2D eigenvalue weighted by molar-refractivity contribution is 9.12. The number of allylic oxidation sites excluding steroid dienone is 3. The maximum absolute atomic E-state index is 13.0. The van der Waals surface area contributed by atoms with Crippen LogP contribution >= 0.6 is 15.9 Å². The monoisotopic (exact) mass is 352 g/mol. The predicted octanol–water partition coefficient (Wildman–Crippen LogP) is 3.21. The maximum Gasteiger partial charge on any atom is 0.264 e. The number of halogens is 1. The van der Waals surface area contributed by atoms with Gasteiger partial charge in [0.25, 0.3) is 10.0 Å². The second-order valence-corrected chi connectivity index (χ2v) is 7.98. The van der Waals surface area contributed by atoms with Gasteiger partial charge in [-0.1, -0.05) is 52.4 Å². The van der Waals surface area contributed by atoms with Gasteiger partial charge in [0.05, 0.1) is 11.7 Å². The third-order valence-electron chi connectivity index (χ3n) is 3.63. The van der Waals surface area contributed by atoms with E-state index in [4.69, 9.17) is 0 Å². The SMILES string of the molecule is CC1(S(=O)(=O)n2ncc3ccccc32)CC=CC=C1Br. The van der Waals surface area contributed by atoms with Gasteiger partial charge in [0, 0.05) is 9.87 Å². The smallest absolute Gasteiger partial charge is 0.204 e. The number of fused-ring (bicyclic) bond motifs is 1. The molecular formula is C14H13BrN2O2S. The van der Waals surface area contributed by atoms with Crippen LogP contribution < -0.4 is 0 Å². The number of rotatable bonds is 2. The molecule has 0 aliphatic heterocycles. The molecule has 0 bridgehead atoms. The van der Waals surface area contributed by atoms with Gasteiger partial charge in [-0.2, -0.15) is 9.19 Å². The number of hydrogen-bond donors (Lipinski definition) is 0. The van der Waals surface area contributed by atoms with Gasteiger partial charge in [-0.05, 0) is 19.4 Å². The van der Waals surface area contributed by atoms with E-state index in [1.165, 1.54) is 0 Å². The lowest BCUT2D eigenvalue weighted by Crippen LogP contribution is -2.40. The second kappa shape index (κ2) is 4.56. The summed E-state index contributed by atoms with van der Waals surface area (Å²) in [7, 11) is -3.65. The van der Waals surface area contributed by atoms with Crippen LogP contribution in [0.1, 0.15) is 13.3 Å². The highest BCUT2D eigenvalue weighted by Crippen LogP contribution is 2.38. The first kappa shape index (κ1) is 13.6. The molecule has 0 radical (unpaired) electrons. The molecule has 4 nitrogen and oxygen atoms in total. The molecule has 20 heavy (non-hydrogen) atoms. The van der Waals surface area contributed by atoms with Crippen LogP contribution in [0.2, 0.25) is 0 Å². The number of nitrogens with zero attached hydrogens (tertiary/aromatic N) is 2. The van der Waals surface area contributed by atoms with Crippen LogP contribution in [0.25, 0.3) is 10.9 Å². The van der Waals surface area contributed by atoms with Gasteiger partial charge >= 0.3 is 0 Å².